The van der Waals surface area contributed by atoms with Crippen molar-refractivity contribution in [3.05, 3.63) is 48.4 Å². The Kier molecular flexibility index (Phi) is 9.39. The second-order valence-corrected chi connectivity index (χ2v) is 6.79. The summed E-state index contributed by atoms with van der Waals surface area (Å²) in [5, 5.41) is 15.1. The van der Waals surface area contributed by atoms with Crippen molar-refractivity contribution in [3.63, 3.8) is 0 Å². The Morgan fingerprint density at radius 1 is 1.20 bits per heavy atom. The number of rotatable bonds is 12. The number of aromatic nitrogens is 2. The molecule has 0 aliphatic rings. The molecule has 30 heavy (non-hydrogen) atoms. The van der Waals surface area contributed by atoms with Crippen molar-refractivity contribution in [2.45, 2.75) is 32.6 Å². The van der Waals surface area contributed by atoms with Crippen LogP contribution in [0.4, 0.5) is 0 Å². The van der Waals surface area contributed by atoms with E-state index in [-0.39, 0.29) is 31.2 Å². The molecule has 0 spiro atoms. The fourth-order valence-corrected chi connectivity index (χ4v) is 2.90. The van der Waals surface area contributed by atoms with Crippen LogP contribution in [0.2, 0.25) is 0 Å². The Morgan fingerprint density at radius 3 is 2.73 bits per heavy atom. The summed E-state index contributed by atoms with van der Waals surface area (Å²) in [7, 11) is 0. The minimum atomic E-state index is -0.560. The van der Waals surface area contributed by atoms with Gasteiger partial charge in [-0.25, -0.2) is 10.0 Å². The molecule has 1 atom stereocenters. The molecule has 3 N–H and O–H groups in total. The van der Waals surface area contributed by atoms with E-state index in [1.54, 1.807) is 36.7 Å². The van der Waals surface area contributed by atoms with Gasteiger partial charge in [0, 0.05) is 18.0 Å². The molecule has 1 unspecified atom stereocenters. The lowest BCUT2D eigenvalue weighted by Gasteiger charge is -2.19. The molecule has 0 saturated heterocycles. The normalized spacial score (nSPS) is 11.4. The molecule has 0 aliphatic heterocycles. The zero-order chi connectivity index (χ0) is 21.8. The number of nitrogens with one attached hydrogen (secondary N) is 2. The van der Waals surface area contributed by atoms with Gasteiger partial charge in [-0.1, -0.05) is 32.3 Å². The van der Waals surface area contributed by atoms with E-state index in [4.69, 9.17) is 0 Å². The SMILES string of the molecule is CCCCCC(CN(O)C=O)C(=O)NCNC(=O)c1cccc(-c2cccnc2)n1. The Morgan fingerprint density at radius 2 is 2.03 bits per heavy atom. The first-order valence-corrected chi connectivity index (χ1v) is 9.89. The van der Waals surface area contributed by atoms with Gasteiger partial charge in [-0.05, 0) is 30.7 Å². The lowest BCUT2D eigenvalue weighted by atomic mass is 10.0. The van der Waals surface area contributed by atoms with E-state index in [1.165, 1.54) is 0 Å². The van der Waals surface area contributed by atoms with Gasteiger partial charge in [-0.15, -0.1) is 0 Å². The van der Waals surface area contributed by atoms with Crippen LogP contribution < -0.4 is 10.6 Å². The third-order valence-electron chi connectivity index (χ3n) is 4.51. The van der Waals surface area contributed by atoms with Crippen molar-refractivity contribution < 1.29 is 19.6 Å². The van der Waals surface area contributed by atoms with Crippen LogP contribution in [-0.2, 0) is 9.59 Å². The van der Waals surface area contributed by atoms with Gasteiger partial charge >= 0.3 is 0 Å². The van der Waals surface area contributed by atoms with Gasteiger partial charge in [0.15, 0.2) is 0 Å². The monoisotopic (exact) mass is 413 g/mol. The molecule has 2 aromatic heterocycles. The number of pyridine rings is 2. The average Bonchev–Trinajstić information content (AvgIpc) is 2.78. The topological polar surface area (TPSA) is 125 Å². The maximum absolute atomic E-state index is 12.4. The molecular weight excluding hydrogens is 386 g/mol. The predicted molar refractivity (Wildman–Crippen MR) is 110 cm³/mol. The highest BCUT2D eigenvalue weighted by atomic mass is 16.5. The highest BCUT2D eigenvalue weighted by Crippen LogP contribution is 2.15. The fourth-order valence-electron chi connectivity index (χ4n) is 2.90. The molecule has 0 radical (unpaired) electrons. The van der Waals surface area contributed by atoms with Gasteiger partial charge in [0.05, 0.1) is 24.8 Å². The Bertz CT molecular complexity index is 831. The van der Waals surface area contributed by atoms with Crippen molar-refractivity contribution in [2.75, 3.05) is 13.2 Å². The summed E-state index contributed by atoms with van der Waals surface area (Å²) in [6.45, 7) is 1.86. The number of amides is 3. The molecule has 0 saturated carbocycles. The first kappa shape index (κ1) is 23.0. The summed E-state index contributed by atoms with van der Waals surface area (Å²) in [4.78, 5) is 43.8. The molecule has 3 amide bonds. The third-order valence-corrected chi connectivity index (χ3v) is 4.51. The lowest BCUT2D eigenvalue weighted by molar-refractivity contribution is -0.154. The van der Waals surface area contributed by atoms with E-state index in [0.717, 1.165) is 24.8 Å². The van der Waals surface area contributed by atoms with Crippen molar-refractivity contribution in [1.29, 1.82) is 0 Å². The Labute approximate surface area is 175 Å². The van der Waals surface area contributed by atoms with Crippen LogP contribution in [0.5, 0.6) is 0 Å². The molecule has 2 aromatic rings. The smallest absolute Gasteiger partial charge is 0.271 e. The molecule has 9 heteroatoms. The zero-order valence-electron chi connectivity index (χ0n) is 17.0. The van der Waals surface area contributed by atoms with Crippen molar-refractivity contribution in [3.8, 4) is 11.3 Å². The minimum Gasteiger partial charge on any atom is -0.338 e. The van der Waals surface area contributed by atoms with Crippen LogP contribution in [0.3, 0.4) is 0 Å². The van der Waals surface area contributed by atoms with E-state index >= 15 is 0 Å². The molecule has 0 fully saturated rings. The van der Waals surface area contributed by atoms with Crippen molar-refractivity contribution >= 4 is 18.2 Å². The first-order chi connectivity index (χ1) is 14.5. The van der Waals surface area contributed by atoms with Gasteiger partial charge < -0.3 is 10.6 Å². The van der Waals surface area contributed by atoms with Gasteiger partial charge in [0.1, 0.15) is 5.69 Å². The standard InChI is InChI=1S/C21H27N5O4/c1-2-3-4-7-17(13-26(30)15-27)20(28)23-14-24-21(29)19-10-5-9-18(25-19)16-8-6-11-22-12-16/h5-6,8-12,15,17,30H,2-4,7,13-14H2,1H3,(H,23,28)(H,24,29). The van der Waals surface area contributed by atoms with E-state index in [1.807, 2.05) is 13.0 Å². The summed E-state index contributed by atoms with van der Waals surface area (Å²) < 4.78 is 0. The number of nitrogens with zero attached hydrogens (tertiary/aromatic N) is 3. The molecule has 2 heterocycles. The maximum Gasteiger partial charge on any atom is 0.271 e. The Hall–Kier alpha value is -3.33. The van der Waals surface area contributed by atoms with Crippen LogP contribution in [0, 0.1) is 5.92 Å². The largest absolute Gasteiger partial charge is 0.338 e. The highest BCUT2D eigenvalue weighted by molar-refractivity contribution is 5.93. The maximum atomic E-state index is 12.4. The summed E-state index contributed by atoms with van der Waals surface area (Å²) in [5.74, 6) is -1.33. The molecule has 2 rings (SSSR count). The number of hydrogen-bond donors (Lipinski definition) is 3. The van der Waals surface area contributed by atoms with Crippen LogP contribution >= 0.6 is 0 Å². The number of hydroxylamine groups is 2. The minimum absolute atomic E-state index is 0.0900. The van der Waals surface area contributed by atoms with Crippen molar-refractivity contribution in [2.24, 2.45) is 5.92 Å². The fraction of sp³-hybridized carbons (Fsp3) is 0.381. The lowest BCUT2D eigenvalue weighted by Crippen LogP contribution is -2.43. The van der Waals surface area contributed by atoms with Gasteiger partial charge in [0.25, 0.3) is 5.91 Å². The van der Waals surface area contributed by atoms with Gasteiger partial charge in [-0.2, -0.15) is 0 Å². The predicted octanol–water partition coefficient (Wildman–Crippen LogP) is 1.99. The molecule has 160 valence electrons. The molecular formula is C21H27N5O4. The quantitative estimate of drug-likeness (QED) is 0.161. The Balaban J connectivity index is 1.90. The third kappa shape index (κ3) is 7.25. The summed E-state index contributed by atoms with van der Waals surface area (Å²) in [6.07, 6.45) is 6.86. The first-order valence-electron chi connectivity index (χ1n) is 9.89. The second kappa shape index (κ2) is 12.3. The van der Waals surface area contributed by atoms with Gasteiger partial charge in [0.2, 0.25) is 12.3 Å². The summed E-state index contributed by atoms with van der Waals surface area (Å²) >= 11 is 0. The zero-order valence-corrected chi connectivity index (χ0v) is 17.0. The van der Waals surface area contributed by atoms with E-state index in [9.17, 15) is 19.6 Å². The highest BCUT2D eigenvalue weighted by Gasteiger charge is 2.20. The summed E-state index contributed by atoms with van der Waals surface area (Å²) in [6, 6.07) is 8.72. The van der Waals surface area contributed by atoms with E-state index < -0.39 is 11.8 Å². The average molecular weight is 413 g/mol. The second-order valence-electron chi connectivity index (χ2n) is 6.79. The summed E-state index contributed by atoms with van der Waals surface area (Å²) in [5.41, 5.74) is 1.62. The van der Waals surface area contributed by atoms with E-state index in [2.05, 4.69) is 20.6 Å². The molecule has 0 aromatic carbocycles. The van der Waals surface area contributed by atoms with E-state index in [0.29, 0.717) is 17.2 Å². The number of carbonyl (C=O) groups excluding carboxylic acids is 3. The van der Waals surface area contributed by atoms with Crippen LogP contribution in [0.15, 0.2) is 42.7 Å². The number of hydrogen-bond acceptors (Lipinski definition) is 6. The van der Waals surface area contributed by atoms with Crippen LogP contribution in [0.25, 0.3) is 11.3 Å². The van der Waals surface area contributed by atoms with Crippen LogP contribution in [-0.4, -0.2) is 51.7 Å². The number of unbranched alkanes of at least 4 members (excludes halogenated alkanes) is 2. The van der Waals surface area contributed by atoms with Crippen molar-refractivity contribution in [1.82, 2.24) is 25.7 Å². The number of carbonyl (C=O) groups is 3. The molecule has 0 bridgehead atoms. The van der Waals surface area contributed by atoms with Crippen LogP contribution in [0.1, 0.15) is 43.1 Å². The van der Waals surface area contributed by atoms with Gasteiger partial charge in [-0.3, -0.25) is 24.6 Å². The molecule has 0 aliphatic carbocycles. The molecule has 9 nitrogen and oxygen atoms in total.